The van der Waals surface area contributed by atoms with Gasteiger partial charge in [-0.05, 0) is 52.5 Å². The van der Waals surface area contributed by atoms with Crippen molar-refractivity contribution in [2.45, 2.75) is 72.0 Å². The van der Waals surface area contributed by atoms with Gasteiger partial charge < -0.3 is 9.64 Å². The number of carbonyl (C=O) groups is 2. The zero-order valence-electron chi connectivity index (χ0n) is 17.4. The summed E-state index contributed by atoms with van der Waals surface area (Å²) in [6.45, 7) is 14.1. The minimum atomic E-state index is -0.249. The molecule has 0 spiro atoms. The van der Waals surface area contributed by atoms with Crippen LogP contribution in [0.5, 0.6) is 0 Å². The molecule has 1 atom stereocenters. The molecule has 0 aromatic carbocycles. The van der Waals surface area contributed by atoms with E-state index in [0.717, 1.165) is 18.5 Å². The molecule has 0 radical (unpaired) electrons. The standard InChI is InChI=1S/C20H32N4O3/c1-13(2)17-12-27-19(26)23(17)15-7-9-22(10-8-15)18(25)16-11-14(3)21-24(16)20(4,5)6/h11,13,15,17H,7-10,12H2,1-6H3. The Hall–Kier alpha value is -2.05. The first kappa shape index (κ1) is 19.7. The van der Waals surface area contributed by atoms with Gasteiger partial charge in [-0.15, -0.1) is 0 Å². The highest BCUT2D eigenvalue weighted by Crippen LogP contribution is 2.28. The summed E-state index contributed by atoms with van der Waals surface area (Å²) in [5, 5.41) is 4.51. The molecule has 2 aliphatic heterocycles. The van der Waals surface area contributed by atoms with Crippen molar-refractivity contribution in [3.05, 3.63) is 17.5 Å². The molecule has 150 valence electrons. The largest absolute Gasteiger partial charge is 0.447 e. The molecular weight excluding hydrogens is 344 g/mol. The molecule has 3 heterocycles. The van der Waals surface area contributed by atoms with Gasteiger partial charge in [0.2, 0.25) is 0 Å². The van der Waals surface area contributed by atoms with Gasteiger partial charge in [0.1, 0.15) is 12.3 Å². The first-order valence-corrected chi connectivity index (χ1v) is 9.91. The van der Waals surface area contributed by atoms with Gasteiger partial charge in [0.15, 0.2) is 0 Å². The Morgan fingerprint density at radius 1 is 1.26 bits per heavy atom. The monoisotopic (exact) mass is 376 g/mol. The Morgan fingerprint density at radius 2 is 1.89 bits per heavy atom. The summed E-state index contributed by atoms with van der Waals surface area (Å²) in [6.07, 6.45) is 1.36. The van der Waals surface area contributed by atoms with Gasteiger partial charge in [0.25, 0.3) is 5.91 Å². The van der Waals surface area contributed by atoms with Crippen molar-refractivity contribution in [3.63, 3.8) is 0 Å². The van der Waals surface area contributed by atoms with Crippen molar-refractivity contribution in [3.8, 4) is 0 Å². The molecule has 3 rings (SSSR count). The van der Waals surface area contributed by atoms with Crippen LogP contribution >= 0.6 is 0 Å². The van der Waals surface area contributed by atoms with Crippen LogP contribution in [0.1, 0.15) is 63.6 Å². The van der Waals surface area contributed by atoms with Crippen LogP contribution in [-0.4, -0.2) is 63.4 Å². The summed E-state index contributed by atoms with van der Waals surface area (Å²) in [7, 11) is 0. The fraction of sp³-hybridized carbons (Fsp3) is 0.750. The highest BCUT2D eigenvalue weighted by molar-refractivity contribution is 5.93. The number of amides is 2. The number of carbonyl (C=O) groups excluding carboxylic acids is 2. The van der Waals surface area contributed by atoms with Crippen LogP contribution in [0.15, 0.2) is 6.07 Å². The van der Waals surface area contributed by atoms with Crippen molar-refractivity contribution in [2.24, 2.45) is 5.92 Å². The molecule has 7 heteroatoms. The Bertz CT molecular complexity index is 711. The van der Waals surface area contributed by atoms with E-state index >= 15 is 0 Å². The maximum absolute atomic E-state index is 13.1. The van der Waals surface area contributed by atoms with Gasteiger partial charge in [-0.2, -0.15) is 5.10 Å². The molecule has 27 heavy (non-hydrogen) atoms. The lowest BCUT2D eigenvalue weighted by Gasteiger charge is -2.39. The van der Waals surface area contributed by atoms with Crippen molar-refractivity contribution in [1.82, 2.24) is 19.6 Å². The first-order chi connectivity index (χ1) is 12.6. The molecule has 0 aliphatic carbocycles. The number of hydrogen-bond donors (Lipinski definition) is 0. The number of ether oxygens (including phenoxy) is 1. The molecule has 1 aromatic heterocycles. The number of piperidine rings is 1. The second kappa shape index (κ2) is 7.17. The van der Waals surface area contributed by atoms with Gasteiger partial charge in [-0.3, -0.25) is 14.4 Å². The lowest BCUT2D eigenvalue weighted by Crippen LogP contribution is -2.51. The summed E-state index contributed by atoms with van der Waals surface area (Å²) in [5.41, 5.74) is 1.24. The molecule has 0 saturated carbocycles. The Balaban J connectivity index is 1.69. The van der Waals surface area contributed by atoms with E-state index < -0.39 is 0 Å². The number of aryl methyl sites for hydroxylation is 1. The van der Waals surface area contributed by atoms with Crippen molar-refractivity contribution in [2.75, 3.05) is 19.7 Å². The van der Waals surface area contributed by atoms with E-state index in [0.29, 0.717) is 31.3 Å². The second-order valence-electron chi connectivity index (χ2n) is 9.07. The highest BCUT2D eigenvalue weighted by atomic mass is 16.6. The summed E-state index contributed by atoms with van der Waals surface area (Å²) in [5.74, 6) is 0.383. The van der Waals surface area contributed by atoms with E-state index in [2.05, 4.69) is 18.9 Å². The molecule has 2 aliphatic rings. The highest BCUT2D eigenvalue weighted by Gasteiger charge is 2.41. The predicted octanol–water partition coefficient (Wildman–Crippen LogP) is 3.03. The minimum absolute atomic E-state index is 0.0217. The minimum Gasteiger partial charge on any atom is -0.447 e. The Morgan fingerprint density at radius 3 is 2.44 bits per heavy atom. The van der Waals surface area contributed by atoms with E-state index in [1.165, 1.54) is 0 Å². The lowest BCUT2D eigenvalue weighted by molar-refractivity contribution is 0.0601. The van der Waals surface area contributed by atoms with Gasteiger partial charge in [-0.25, -0.2) is 4.79 Å². The smallest absolute Gasteiger partial charge is 0.410 e. The molecule has 0 N–H and O–H groups in total. The molecular formula is C20H32N4O3. The zero-order chi connectivity index (χ0) is 19.9. The average molecular weight is 377 g/mol. The zero-order valence-corrected chi connectivity index (χ0v) is 17.4. The molecule has 2 saturated heterocycles. The number of likely N-dealkylation sites (tertiary alicyclic amines) is 1. The third-order valence-corrected chi connectivity index (χ3v) is 5.55. The van der Waals surface area contributed by atoms with Gasteiger partial charge in [0.05, 0.1) is 17.3 Å². The Labute approximate surface area is 161 Å². The summed E-state index contributed by atoms with van der Waals surface area (Å²) < 4.78 is 7.11. The van der Waals surface area contributed by atoms with Crippen LogP contribution < -0.4 is 0 Å². The first-order valence-electron chi connectivity index (χ1n) is 9.91. The molecule has 1 aromatic rings. The van der Waals surface area contributed by atoms with E-state index in [-0.39, 0.29) is 29.6 Å². The summed E-state index contributed by atoms with van der Waals surface area (Å²) in [6, 6.07) is 2.15. The van der Waals surface area contributed by atoms with Gasteiger partial charge in [-0.1, -0.05) is 13.8 Å². The van der Waals surface area contributed by atoms with E-state index in [9.17, 15) is 9.59 Å². The number of hydrogen-bond acceptors (Lipinski definition) is 4. The summed E-state index contributed by atoms with van der Waals surface area (Å²) >= 11 is 0. The quantitative estimate of drug-likeness (QED) is 0.813. The van der Waals surface area contributed by atoms with E-state index in [1.807, 2.05) is 48.2 Å². The predicted molar refractivity (Wildman–Crippen MR) is 103 cm³/mol. The fourth-order valence-corrected chi connectivity index (χ4v) is 4.05. The molecule has 2 amide bonds. The molecule has 1 unspecified atom stereocenters. The van der Waals surface area contributed by atoms with Crippen LogP contribution in [-0.2, 0) is 10.3 Å². The number of rotatable bonds is 3. The molecule has 0 bridgehead atoms. The number of aromatic nitrogens is 2. The van der Waals surface area contributed by atoms with Crippen molar-refractivity contribution >= 4 is 12.0 Å². The van der Waals surface area contributed by atoms with Gasteiger partial charge >= 0.3 is 6.09 Å². The topological polar surface area (TPSA) is 67.7 Å². The SMILES string of the molecule is Cc1cc(C(=O)N2CCC(N3C(=O)OCC3C(C)C)CC2)n(C(C)(C)C)n1. The van der Waals surface area contributed by atoms with E-state index in [1.54, 1.807) is 0 Å². The van der Waals surface area contributed by atoms with Gasteiger partial charge in [0, 0.05) is 19.1 Å². The maximum atomic E-state index is 13.1. The van der Waals surface area contributed by atoms with Crippen molar-refractivity contribution in [1.29, 1.82) is 0 Å². The van der Waals surface area contributed by atoms with Crippen LogP contribution in [0.4, 0.5) is 4.79 Å². The number of nitrogens with zero attached hydrogens (tertiary/aromatic N) is 4. The van der Waals surface area contributed by atoms with Crippen molar-refractivity contribution < 1.29 is 14.3 Å². The van der Waals surface area contributed by atoms with Crippen LogP contribution in [0.25, 0.3) is 0 Å². The maximum Gasteiger partial charge on any atom is 0.410 e. The second-order valence-corrected chi connectivity index (χ2v) is 9.07. The number of cyclic esters (lactones) is 1. The average Bonchev–Trinajstić information content (AvgIpc) is 3.17. The molecule has 7 nitrogen and oxygen atoms in total. The van der Waals surface area contributed by atoms with Crippen LogP contribution in [0, 0.1) is 12.8 Å². The van der Waals surface area contributed by atoms with E-state index in [4.69, 9.17) is 4.74 Å². The van der Waals surface area contributed by atoms with Crippen LogP contribution in [0.2, 0.25) is 0 Å². The fourth-order valence-electron chi connectivity index (χ4n) is 4.05. The van der Waals surface area contributed by atoms with Crippen LogP contribution in [0.3, 0.4) is 0 Å². The third kappa shape index (κ3) is 3.82. The Kier molecular flexibility index (Phi) is 5.23. The lowest BCUT2D eigenvalue weighted by atomic mass is 9.97. The summed E-state index contributed by atoms with van der Waals surface area (Å²) in [4.78, 5) is 29.1. The molecule has 2 fully saturated rings. The third-order valence-electron chi connectivity index (χ3n) is 5.55. The normalized spacial score (nSPS) is 21.9.